The number of benzene rings is 1. The van der Waals surface area contributed by atoms with Crippen LogP contribution < -0.4 is 4.90 Å². The Morgan fingerprint density at radius 2 is 2.11 bits per heavy atom. The van der Waals surface area contributed by atoms with Gasteiger partial charge in [-0.15, -0.1) is 0 Å². The number of aliphatic imine (C=N–C) groups is 1. The van der Waals surface area contributed by atoms with Gasteiger partial charge in [-0.1, -0.05) is 11.6 Å². The van der Waals surface area contributed by atoms with Gasteiger partial charge in [-0.3, -0.25) is 4.99 Å². The molecule has 1 aromatic carbocycles. The minimum absolute atomic E-state index is 0.606. The Balaban J connectivity index is 1.96. The molecule has 0 radical (unpaired) electrons. The Hall–Kier alpha value is -1.10. The molecule has 1 aromatic rings. The molecule has 4 rings (SSSR count). The molecule has 1 saturated heterocycles. The zero-order chi connectivity index (χ0) is 12.2. The Kier molecular flexibility index (Phi) is 2.22. The number of fused-ring (bicyclic) bond motifs is 5. The van der Waals surface area contributed by atoms with E-state index >= 15 is 0 Å². The molecule has 0 aromatic heterocycles. The molecule has 0 unspecified atom stereocenters. The molecule has 1 fully saturated rings. The van der Waals surface area contributed by atoms with Crippen LogP contribution in [0.2, 0.25) is 5.02 Å². The maximum absolute atomic E-state index is 6.10. The molecule has 0 N–H and O–H groups in total. The van der Waals surface area contributed by atoms with Crippen molar-refractivity contribution in [2.75, 3.05) is 31.2 Å². The Morgan fingerprint density at radius 1 is 1.28 bits per heavy atom. The van der Waals surface area contributed by atoms with Crippen LogP contribution in [-0.2, 0) is 15.3 Å². The standard InChI is InChI=1S/C13H13ClN2O2/c14-9-2-3-10-11(8-9)16-5-1-4-15-12(16)13(10)17-6-7-18-13/h2-3,8H,1,4-7H2. The highest BCUT2D eigenvalue weighted by Gasteiger charge is 2.54. The first kappa shape index (κ1) is 10.8. The molecule has 0 atom stereocenters. The lowest BCUT2D eigenvalue weighted by Crippen LogP contribution is -2.44. The average Bonchev–Trinajstić information content (AvgIpc) is 2.97. The summed E-state index contributed by atoms with van der Waals surface area (Å²) in [7, 11) is 0. The number of anilines is 1. The van der Waals surface area contributed by atoms with E-state index < -0.39 is 5.79 Å². The molecular formula is C13H13ClN2O2. The van der Waals surface area contributed by atoms with Crippen LogP contribution >= 0.6 is 11.6 Å². The van der Waals surface area contributed by atoms with Gasteiger partial charge in [0.1, 0.15) is 0 Å². The van der Waals surface area contributed by atoms with E-state index in [2.05, 4.69) is 9.89 Å². The number of hydrogen-bond acceptors (Lipinski definition) is 4. The monoisotopic (exact) mass is 264 g/mol. The van der Waals surface area contributed by atoms with E-state index in [-0.39, 0.29) is 0 Å². The average molecular weight is 265 g/mol. The maximum atomic E-state index is 6.10. The highest BCUT2D eigenvalue weighted by atomic mass is 35.5. The summed E-state index contributed by atoms with van der Waals surface area (Å²) in [5.74, 6) is 0.115. The predicted octanol–water partition coefficient (Wildman–Crippen LogP) is 2.16. The Labute approximate surface area is 110 Å². The van der Waals surface area contributed by atoms with E-state index in [0.29, 0.717) is 13.2 Å². The zero-order valence-corrected chi connectivity index (χ0v) is 10.6. The van der Waals surface area contributed by atoms with Gasteiger partial charge in [-0.2, -0.15) is 0 Å². The summed E-state index contributed by atoms with van der Waals surface area (Å²) in [5.41, 5.74) is 2.10. The molecule has 3 heterocycles. The van der Waals surface area contributed by atoms with Crippen LogP contribution in [0.4, 0.5) is 5.69 Å². The first-order valence-electron chi connectivity index (χ1n) is 6.22. The largest absolute Gasteiger partial charge is 0.337 e. The maximum Gasteiger partial charge on any atom is 0.257 e. The van der Waals surface area contributed by atoms with E-state index in [0.717, 1.165) is 41.6 Å². The van der Waals surface area contributed by atoms with Crippen LogP contribution in [0.3, 0.4) is 0 Å². The molecule has 3 aliphatic rings. The van der Waals surface area contributed by atoms with Gasteiger partial charge in [0.15, 0.2) is 5.84 Å². The van der Waals surface area contributed by atoms with Crippen molar-refractivity contribution >= 4 is 23.1 Å². The number of halogens is 1. The van der Waals surface area contributed by atoms with Gasteiger partial charge >= 0.3 is 0 Å². The fraction of sp³-hybridized carbons (Fsp3) is 0.462. The van der Waals surface area contributed by atoms with Crippen LogP contribution in [-0.4, -0.2) is 32.1 Å². The van der Waals surface area contributed by atoms with Crippen LogP contribution in [0.15, 0.2) is 23.2 Å². The summed E-state index contributed by atoms with van der Waals surface area (Å²) >= 11 is 6.10. The van der Waals surface area contributed by atoms with Crippen molar-refractivity contribution in [2.24, 2.45) is 4.99 Å². The quantitative estimate of drug-likeness (QED) is 0.720. The van der Waals surface area contributed by atoms with Gasteiger partial charge in [0.05, 0.1) is 18.9 Å². The molecule has 94 valence electrons. The Morgan fingerprint density at radius 3 is 2.94 bits per heavy atom. The molecule has 1 spiro atoms. The fourth-order valence-corrected chi connectivity index (χ4v) is 3.11. The van der Waals surface area contributed by atoms with Crippen molar-refractivity contribution in [3.8, 4) is 0 Å². The molecule has 3 aliphatic heterocycles. The lowest BCUT2D eigenvalue weighted by Gasteiger charge is -2.29. The second-order valence-corrected chi connectivity index (χ2v) is 5.12. The molecule has 5 heteroatoms. The minimum atomic E-state index is -0.777. The van der Waals surface area contributed by atoms with Gasteiger partial charge in [-0.05, 0) is 24.6 Å². The van der Waals surface area contributed by atoms with Crippen LogP contribution in [0.5, 0.6) is 0 Å². The minimum Gasteiger partial charge on any atom is -0.337 e. The third kappa shape index (κ3) is 1.25. The van der Waals surface area contributed by atoms with Gasteiger partial charge in [-0.25, -0.2) is 0 Å². The summed E-state index contributed by atoms with van der Waals surface area (Å²) in [6.45, 7) is 2.99. The summed E-state index contributed by atoms with van der Waals surface area (Å²) in [5, 5.41) is 0.730. The van der Waals surface area contributed by atoms with E-state index in [9.17, 15) is 0 Å². The summed E-state index contributed by atoms with van der Waals surface area (Å²) < 4.78 is 11.8. The highest BCUT2D eigenvalue weighted by molar-refractivity contribution is 6.31. The fourth-order valence-electron chi connectivity index (χ4n) is 2.95. The van der Waals surface area contributed by atoms with Gasteiger partial charge in [0.25, 0.3) is 5.79 Å². The van der Waals surface area contributed by atoms with Crippen molar-refractivity contribution in [1.82, 2.24) is 0 Å². The van der Waals surface area contributed by atoms with E-state index in [1.807, 2.05) is 18.2 Å². The molecule has 0 saturated carbocycles. The number of rotatable bonds is 0. The molecule has 4 nitrogen and oxygen atoms in total. The highest BCUT2D eigenvalue weighted by Crippen LogP contribution is 2.47. The SMILES string of the molecule is Clc1ccc2c(c1)N1CCCN=C1C21OCCO1. The van der Waals surface area contributed by atoms with Crippen LogP contribution in [0, 0.1) is 0 Å². The predicted molar refractivity (Wildman–Crippen MR) is 69.3 cm³/mol. The number of ether oxygens (including phenoxy) is 2. The van der Waals surface area contributed by atoms with Crippen LogP contribution in [0.25, 0.3) is 0 Å². The molecule has 0 amide bonds. The first-order valence-corrected chi connectivity index (χ1v) is 6.59. The van der Waals surface area contributed by atoms with E-state index in [1.165, 1.54) is 0 Å². The molecular weight excluding hydrogens is 252 g/mol. The summed E-state index contributed by atoms with van der Waals surface area (Å²) in [6.07, 6.45) is 1.05. The van der Waals surface area contributed by atoms with Crippen molar-refractivity contribution in [3.63, 3.8) is 0 Å². The van der Waals surface area contributed by atoms with Crippen molar-refractivity contribution in [2.45, 2.75) is 12.2 Å². The second-order valence-electron chi connectivity index (χ2n) is 4.69. The number of hydrogen-bond donors (Lipinski definition) is 0. The first-order chi connectivity index (χ1) is 8.81. The zero-order valence-electron chi connectivity index (χ0n) is 9.86. The number of nitrogens with zero attached hydrogens (tertiary/aromatic N) is 2. The molecule has 0 bridgehead atoms. The smallest absolute Gasteiger partial charge is 0.257 e. The topological polar surface area (TPSA) is 34.1 Å². The van der Waals surface area contributed by atoms with Gasteiger partial charge in [0.2, 0.25) is 0 Å². The molecule has 18 heavy (non-hydrogen) atoms. The summed E-state index contributed by atoms with van der Waals surface area (Å²) in [4.78, 5) is 6.80. The third-order valence-corrected chi connectivity index (χ3v) is 3.89. The normalized spacial score (nSPS) is 24.1. The van der Waals surface area contributed by atoms with Gasteiger partial charge < -0.3 is 14.4 Å². The lowest BCUT2D eigenvalue weighted by atomic mass is 10.1. The molecule has 0 aliphatic carbocycles. The van der Waals surface area contributed by atoms with E-state index in [4.69, 9.17) is 21.1 Å². The third-order valence-electron chi connectivity index (χ3n) is 3.65. The lowest BCUT2D eigenvalue weighted by molar-refractivity contribution is -0.102. The second kappa shape index (κ2) is 3.70. The van der Waals surface area contributed by atoms with Crippen molar-refractivity contribution in [3.05, 3.63) is 28.8 Å². The van der Waals surface area contributed by atoms with Gasteiger partial charge in [0, 0.05) is 23.7 Å². The Bertz CT molecular complexity index is 538. The number of amidine groups is 1. The summed E-state index contributed by atoms with van der Waals surface area (Å²) in [6, 6.07) is 5.84. The van der Waals surface area contributed by atoms with Crippen molar-refractivity contribution < 1.29 is 9.47 Å². The van der Waals surface area contributed by atoms with Crippen LogP contribution in [0.1, 0.15) is 12.0 Å². The van der Waals surface area contributed by atoms with E-state index in [1.54, 1.807) is 0 Å². The van der Waals surface area contributed by atoms with Crippen molar-refractivity contribution in [1.29, 1.82) is 0 Å².